The van der Waals surface area contributed by atoms with E-state index in [1.807, 2.05) is 0 Å². The van der Waals surface area contributed by atoms with Crippen LogP contribution in [0.3, 0.4) is 0 Å². The van der Waals surface area contributed by atoms with Crippen molar-refractivity contribution in [3.8, 4) is 0 Å². The van der Waals surface area contributed by atoms with Gasteiger partial charge in [-0.2, -0.15) is 65.9 Å². The lowest BCUT2D eigenvalue weighted by Crippen LogP contribution is -2.70. The summed E-state index contributed by atoms with van der Waals surface area (Å²) in [5.41, 5.74) is -25.2. The molecule has 0 aromatic rings. The molecular weight excluding hydrogens is 1150 g/mol. The second-order valence-corrected chi connectivity index (χ2v) is 27.1. The van der Waals surface area contributed by atoms with Crippen LogP contribution in [0.4, 0.5) is 79.0 Å². The molecule has 0 radical (unpaired) electrons. The third-order valence-electron chi connectivity index (χ3n) is 21.5. The van der Waals surface area contributed by atoms with Crippen molar-refractivity contribution in [2.75, 3.05) is 13.2 Å². The average Bonchev–Trinajstić information content (AvgIpc) is 3.82. The van der Waals surface area contributed by atoms with Crippen LogP contribution < -0.4 is 0 Å². The zero-order chi connectivity index (χ0) is 63.1. The molecule has 6 N–H and O–H groups in total. The molecule has 10 bridgehead atoms. The van der Waals surface area contributed by atoms with Crippen LogP contribution >= 0.6 is 0 Å². The highest BCUT2D eigenvalue weighted by Crippen LogP contribution is 2.71. The summed E-state index contributed by atoms with van der Waals surface area (Å²) >= 11 is 0. The fourth-order valence-electron chi connectivity index (χ4n) is 17.1. The molecule has 29 heteroatoms. The third-order valence-corrected chi connectivity index (χ3v) is 21.5. The Kier molecular flexibility index (Phi) is 17.6. The van der Waals surface area contributed by atoms with E-state index in [0.29, 0.717) is 43.9 Å². The number of hydrogen-bond acceptors (Lipinski definition) is 11. The van der Waals surface area contributed by atoms with Gasteiger partial charge in [-0.15, -0.1) is 0 Å². The van der Waals surface area contributed by atoms with Crippen LogP contribution in [0.5, 0.6) is 0 Å². The zero-order valence-corrected chi connectivity index (χ0v) is 46.3. The minimum absolute atomic E-state index is 0.0226. The summed E-state index contributed by atoms with van der Waals surface area (Å²) in [6.45, 7) is 9.96. The van der Waals surface area contributed by atoms with E-state index in [1.165, 1.54) is 34.1 Å². The van der Waals surface area contributed by atoms with E-state index in [2.05, 4.69) is 16.4 Å². The summed E-state index contributed by atoms with van der Waals surface area (Å²) in [6.07, 6.45) is -24.1. The first-order chi connectivity index (χ1) is 36.6. The van der Waals surface area contributed by atoms with E-state index in [4.69, 9.17) is 4.89 Å². The molecule has 0 saturated heterocycles. The number of esters is 2. The quantitative estimate of drug-likeness (QED) is 0.0421. The van der Waals surface area contributed by atoms with Crippen molar-refractivity contribution < 1.29 is 134 Å². The van der Waals surface area contributed by atoms with Gasteiger partial charge < -0.3 is 35.0 Å². The number of fused-ring (bicyclic) bond motifs is 2. The third kappa shape index (κ3) is 10.9. The highest BCUT2D eigenvalue weighted by molar-refractivity contribution is 5.82. The van der Waals surface area contributed by atoms with Gasteiger partial charge in [-0.25, -0.2) is 27.6 Å². The van der Waals surface area contributed by atoms with E-state index >= 15 is 0 Å². The second kappa shape index (κ2) is 21.0. The largest absolute Gasteiger partial charge is 0.462 e. The molecule has 10 aliphatic rings. The van der Waals surface area contributed by atoms with Gasteiger partial charge in [0.15, 0.2) is 5.60 Å². The predicted molar refractivity (Wildman–Crippen MR) is 249 cm³/mol. The second-order valence-electron chi connectivity index (χ2n) is 27.1. The topological polar surface area (TPSA) is 183 Å². The van der Waals surface area contributed by atoms with Crippen LogP contribution in [0.2, 0.25) is 0 Å². The standard InChI is InChI=1S/C21H30F6O3.C20H28F6O7.C12H16F6O/c1-4-17(2,11-30-16(28)19(29,20(22,23)24)21(25,26)27)10-18(3)14-6-12-5-13(8-14)9-15(18)7-12;1-3-14(2,10-32-13(27)18(30,19(21,22)23)20(24,25)26)12(33-31)15-4-11-5-16(28,7-15)9-17(29,6-11)8-15;1-5-6(2)8-4-7(5)10(13,11(8,14)15)9(3,19)12(16,17)18/h12-15,29H,4-11H2,1-3H3;11-12,28-31H,3-10H2,1-2H3;5-8,19H,4H2,1-3H3. The molecule has 11 atom stereocenters. The van der Waals surface area contributed by atoms with Gasteiger partial charge >= 0.3 is 54.0 Å². The molecule has 10 fully saturated rings. The number of carbonyl (C=O) groups excluding carboxylic acids is 2. The Morgan fingerprint density at radius 3 is 1.30 bits per heavy atom. The van der Waals surface area contributed by atoms with Crippen molar-refractivity contribution in [1.29, 1.82) is 0 Å². The molecule has 0 heterocycles. The average molecular weight is 1230 g/mol. The molecule has 0 aromatic carbocycles. The monoisotopic (exact) mass is 1230 g/mol. The molecular formula is C53H74F18O11. The summed E-state index contributed by atoms with van der Waals surface area (Å²) in [7, 11) is 0. The zero-order valence-electron chi connectivity index (χ0n) is 46.3. The lowest BCUT2D eigenvalue weighted by Gasteiger charge is -2.66. The van der Waals surface area contributed by atoms with Crippen LogP contribution in [0.1, 0.15) is 152 Å². The van der Waals surface area contributed by atoms with Gasteiger partial charge in [0.1, 0.15) is 6.10 Å². The lowest BCUT2D eigenvalue weighted by molar-refractivity contribution is -0.369. The number of hydrogen-bond donors (Lipinski definition) is 6. The first-order valence-corrected chi connectivity index (χ1v) is 27.3. The van der Waals surface area contributed by atoms with Crippen LogP contribution in [0.15, 0.2) is 0 Å². The number of rotatable bonds is 14. The van der Waals surface area contributed by atoms with Crippen molar-refractivity contribution in [3.63, 3.8) is 0 Å². The number of ether oxygens (including phenoxy) is 2. The fourth-order valence-corrected chi connectivity index (χ4v) is 17.1. The smallest absolute Gasteiger partial charge is 0.437 e. The predicted octanol–water partition coefficient (Wildman–Crippen LogP) is 12.3. The molecule has 0 spiro atoms. The lowest BCUT2D eigenvalue weighted by atomic mass is 9.43. The molecule has 82 heavy (non-hydrogen) atoms. The van der Waals surface area contributed by atoms with Gasteiger partial charge in [-0.3, -0.25) is 5.26 Å². The van der Waals surface area contributed by atoms with E-state index < -0.39 is 142 Å². The number of alkyl halides is 18. The Morgan fingerprint density at radius 2 is 0.963 bits per heavy atom. The number of carbonyl (C=O) groups is 2. The Morgan fingerprint density at radius 1 is 0.561 bits per heavy atom. The number of aliphatic hydroxyl groups is 5. The van der Waals surface area contributed by atoms with Crippen LogP contribution in [0.25, 0.3) is 0 Å². The van der Waals surface area contributed by atoms with Crippen LogP contribution in [0, 0.1) is 74.9 Å². The Bertz CT molecular complexity index is 2260. The first-order valence-electron chi connectivity index (χ1n) is 27.3. The van der Waals surface area contributed by atoms with E-state index in [0.717, 1.165) is 37.5 Å². The minimum atomic E-state index is -6.38. The molecule has 10 rings (SSSR count). The maximum Gasteiger partial charge on any atom is 0.437 e. The molecule has 0 aliphatic heterocycles. The van der Waals surface area contributed by atoms with Crippen molar-refractivity contribution in [1.82, 2.24) is 0 Å². The summed E-state index contributed by atoms with van der Waals surface area (Å²) < 4.78 is 246. The molecule has 0 amide bonds. The SMILES string of the molecule is CC1C(C)C2CC1C(F)(F)C2(F)C(C)(O)C(F)(F)F.CCC(C)(COC(=O)C(O)(C(F)(F)F)C(F)(F)F)C(OO)C12CC3CC(O)(CC(O)(C3)C1)C2.CCC(C)(COC(=O)C(O)(C(F)(F)F)C(F)(F)F)CC1(C)C2CC3CC(C2)CC1C3. The normalized spacial score (nSPS) is 39.2. The fraction of sp³-hybridized carbons (Fsp3) is 0.962. The molecule has 478 valence electrons. The number of halogens is 18. The maximum absolute atomic E-state index is 14.8. The van der Waals surface area contributed by atoms with Crippen molar-refractivity contribution >= 4 is 11.9 Å². The highest BCUT2D eigenvalue weighted by atomic mass is 19.4. The minimum Gasteiger partial charge on any atom is -0.462 e. The highest BCUT2D eigenvalue weighted by Gasteiger charge is 2.85. The van der Waals surface area contributed by atoms with Crippen LogP contribution in [-0.4, -0.2) is 133 Å². The molecule has 11 unspecified atom stereocenters. The summed E-state index contributed by atoms with van der Waals surface area (Å²) in [5, 5.41) is 59.7. The summed E-state index contributed by atoms with van der Waals surface area (Å²) in [6, 6.07) is 0. The summed E-state index contributed by atoms with van der Waals surface area (Å²) in [5.74, 6) is -11.7. The van der Waals surface area contributed by atoms with Gasteiger partial charge in [0.2, 0.25) is 5.67 Å². The van der Waals surface area contributed by atoms with Gasteiger partial charge in [-0.1, -0.05) is 48.5 Å². The van der Waals surface area contributed by atoms with Crippen LogP contribution in [-0.2, 0) is 24.0 Å². The first kappa shape index (κ1) is 68.5. The Balaban J connectivity index is 0.000000205. The molecule has 0 aromatic heterocycles. The van der Waals surface area contributed by atoms with Gasteiger partial charge in [0.25, 0.3) is 5.92 Å². The Hall–Kier alpha value is -2.60. The van der Waals surface area contributed by atoms with E-state index in [1.54, 1.807) is 13.8 Å². The molecule has 10 aliphatic carbocycles. The van der Waals surface area contributed by atoms with E-state index in [-0.39, 0.29) is 50.4 Å². The van der Waals surface area contributed by atoms with Crippen molar-refractivity contribution in [2.45, 2.75) is 228 Å². The van der Waals surface area contributed by atoms with Gasteiger partial charge in [0, 0.05) is 34.5 Å². The van der Waals surface area contributed by atoms with E-state index in [9.17, 15) is 119 Å². The van der Waals surface area contributed by atoms with Crippen molar-refractivity contribution in [3.05, 3.63) is 0 Å². The molecule has 10 saturated carbocycles. The van der Waals surface area contributed by atoms with Gasteiger partial charge in [0.05, 0.1) is 24.4 Å². The van der Waals surface area contributed by atoms with Gasteiger partial charge in [-0.05, 0) is 144 Å². The Labute approximate surface area is 461 Å². The maximum atomic E-state index is 14.8. The van der Waals surface area contributed by atoms with Crippen molar-refractivity contribution in [2.24, 2.45) is 74.9 Å². The molecule has 11 nitrogen and oxygen atoms in total. The summed E-state index contributed by atoms with van der Waals surface area (Å²) in [4.78, 5) is 28.4.